The van der Waals surface area contributed by atoms with Crippen molar-refractivity contribution in [2.75, 3.05) is 33.2 Å². The molecule has 1 aromatic carbocycles. The van der Waals surface area contributed by atoms with Crippen LogP contribution in [0.25, 0.3) is 0 Å². The van der Waals surface area contributed by atoms with E-state index in [-0.39, 0.29) is 0 Å². The fourth-order valence-electron chi connectivity index (χ4n) is 1.99. The molecule has 5 heteroatoms. The summed E-state index contributed by atoms with van der Waals surface area (Å²) in [4.78, 5) is 0. The maximum atomic E-state index is 5.39. The highest BCUT2D eigenvalue weighted by atomic mass is 28.4. The quantitative estimate of drug-likeness (QED) is 0.529. The Morgan fingerprint density at radius 3 is 2.11 bits per heavy atom. The molecular weight excluding hydrogens is 258 g/mol. The monoisotopic (exact) mass is 283 g/mol. The predicted octanol–water partition coefficient (Wildman–Crippen LogP) is 3.15. The molecule has 0 radical (unpaired) electrons. The summed E-state index contributed by atoms with van der Waals surface area (Å²) >= 11 is 0. The summed E-state index contributed by atoms with van der Waals surface area (Å²) in [6.45, 7) is 0.992. The van der Waals surface area contributed by atoms with E-state index in [0.717, 1.165) is 31.9 Å². The Morgan fingerprint density at radius 1 is 0.895 bits per heavy atom. The highest BCUT2D eigenvalue weighted by Gasteiger charge is 2.36. The zero-order chi connectivity index (χ0) is 14.0. The van der Waals surface area contributed by atoms with E-state index in [1.807, 2.05) is 18.2 Å². The Morgan fingerprint density at radius 2 is 1.53 bits per heavy atom. The summed E-state index contributed by atoms with van der Waals surface area (Å²) in [6, 6.07) is 11.1. The molecule has 0 amide bonds. The third-order valence-electron chi connectivity index (χ3n) is 3.20. The number of hydrogen-bond donors (Lipinski definition) is 1. The van der Waals surface area contributed by atoms with Crippen molar-refractivity contribution in [1.29, 1.82) is 0 Å². The number of hydrogen-bond acceptors (Lipinski definition) is 4. The van der Waals surface area contributed by atoms with Gasteiger partial charge in [0.15, 0.2) is 0 Å². The van der Waals surface area contributed by atoms with Crippen LogP contribution in [0, 0.1) is 0 Å². The second-order valence-electron chi connectivity index (χ2n) is 4.40. The van der Waals surface area contributed by atoms with Crippen LogP contribution in [0.4, 0.5) is 5.69 Å². The van der Waals surface area contributed by atoms with Gasteiger partial charge in [-0.3, -0.25) is 0 Å². The minimum absolute atomic E-state index is 0.877. The molecule has 0 aromatic heterocycles. The molecular formula is C14H25NO3Si. The van der Waals surface area contributed by atoms with Crippen molar-refractivity contribution in [2.45, 2.75) is 25.3 Å². The number of para-hydroxylation sites is 1. The summed E-state index contributed by atoms with van der Waals surface area (Å²) in [7, 11) is 2.63. The SMILES string of the molecule is CO[Si](CCCCCNc1ccccc1)(OC)OC. The van der Waals surface area contributed by atoms with Crippen LogP contribution in [0.15, 0.2) is 30.3 Å². The van der Waals surface area contributed by atoms with Gasteiger partial charge >= 0.3 is 8.80 Å². The van der Waals surface area contributed by atoms with Crippen LogP contribution >= 0.6 is 0 Å². The maximum Gasteiger partial charge on any atom is 0.500 e. The van der Waals surface area contributed by atoms with Crippen molar-refractivity contribution in [3.8, 4) is 0 Å². The topological polar surface area (TPSA) is 39.7 Å². The zero-order valence-corrected chi connectivity index (χ0v) is 13.1. The molecule has 0 aliphatic rings. The maximum absolute atomic E-state index is 5.39. The minimum Gasteiger partial charge on any atom is -0.385 e. The van der Waals surface area contributed by atoms with E-state index >= 15 is 0 Å². The molecule has 0 fully saturated rings. The fourth-order valence-corrected chi connectivity index (χ4v) is 3.78. The van der Waals surface area contributed by atoms with Gasteiger partial charge in [-0.25, -0.2) is 0 Å². The van der Waals surface area contributed by atoms with Crippen LogP contribution in [0.2, 0.25) is 6.04 Å². The van der Waals surface area contributed by atoms with Crippen molar-refractivity contribution < 1.29 is 13.3 Å². The molecule has 1 aromatic rings. The van der Waals surface area contributed by atoms with Crippen molar-refractivity contribution in [3.05, 3.63) is 30.3 Å². The van der Waals surface area contributed by atoms with Crippen molar-refractivity contribution in [1.82, 2.24) is 0 Å². The van der Waals surface area contributed by atoms with Crippen LogP contribution in [-0.4, -0.2) is 36.7 Å². The van der Waals surface area contributed by atoms with Gasteiger partial charge in [0.05, 0.1) is 0 Å². The molecule has 0 atom stereocenters. The molecule has 108 valence electrons. The van der Waals surface area contributed by atoms with E-state index in [0.29, 0.717) is 0 Å². The smallest absolute Gasteiger partial charge is 0.385 e. The van der Waals surface area contributed by atoms with Gasteiger partial charge in [-0.2, -0.15) is 0 Å². The van der Waals surface area contributed by atoms with Crippen LogP contribution < -0.4 is 5.32 Å². The molecule has 0 saturated heterocycles. The number of benzene rings is 1. The molecule has 0 saturated carbocycles. The van der Waals surface area contributed by atoms with E-state index in [2.05, 4.69) is 17.4 Å². The van der Waals surface area contributed by atoms with Crippen molar-refractivity contribution in [2.24, 2.45) is 0 Å². The number of unbranched alkanes of at least 4 members (excludes halogenated alkanes) is 2. The molecule has 1 N–H and O–H groups in total. The lowest BCUT2D eigenvalue weighted by molar-refractivity contribution is 0.123. The number of rotatable bonds is 10. The molecule has 19 heavy (non-hydrogen) atoms. The first-order chi connectivity index (χ1) is 9.26. The van der Waals surface area contributed by atoms with Crippen LogP contribution in [-0.2, 0) is 13.3 Å². The molecule has 0 aliphatic heterocycles. The highest BCUT2D eigenvalue weighted by molar-refractivity contribution is 6.60. The molecule has 0 unspecified atom stereocenters. The molecule has 1 rings (SSSR count). The Labute approximate surface area is 117 Å². The van der Waals surface area contributed by atoms with E-state index in [1.165, 1.54) is 5.69 Å². The first-order valence-corrected chi connectivity index (χ1v) is 8.64. The normalized spacial score (nSPS) is 11.5. The average molecular weight is 283 g/mol. The second-order valence-corrected chi connectivity index (χ2v) is 7.49. The van der Waals surface area contributed by atoms with Crippen LogP contribution in [0.5, 0.6) is 0 Å². The molecule has 0 heterocycles. The molecule has 0 aliphatic carbocycles. The van der Waals surface area contributed by atoms with E-state index in [4.69, 9.17) is 13.3 Å². The van der Waals surface area contributed by atoms with Crippen molar-refractivity contribution >= 4 is 14.5 Å². The third kappa shape index (κ3) is 5.73. The van der Waals surface area contributed by atoms with Gasteiger partial charge in [0.25, 0.3) is 0 Å². The zero-order valence-electron chi connectivity index (χ0n) is 12.1. The van der Waals surface area contributed by atoms with E-state index < -0.39 is 8.80 Å². The van der Waals surface area contributed by atoms with E-state index in [1.54, 1.807) is 21.3 Å². The van der Waals surface area contributed by atoms with Crippen molar-refractivity contribution in [3.63, 3.8) is 0 Å². The van der Waals surface area contributed by atoms with Gasteiger partial charge in [0, 0.05) is 39.6 Å². The van der Waals surface area contributed by atoms with E-state index in [9.17, 15) is 0 Å². The first kappa shape index (κ1) is 16.2. The second kappa shape index (κ2) is 9.09. The Kier molecular flexibility index (Phi) is 7.74. The Bertz CT molecular complexity index is 322. The van der Waals surface area contributed by atoms with Crippen LogP contribution in [0.3, 0.4) is 0 Å². The lowest BCUT2D eigenvalue weighted by atomic mass is 10.2. The highest BCUT2D eigenvalue weighted by Crippen LogP contribution is 2.17. The molecule has 4 nitrogen and oxygen atoms in total. The number of anilines is 1. The third-order valence-corrected chi connectivity index (χ3v) is 6.03. The summed E-state index contributed by atoms with van der Waals surface area (Å²) in [5.41, 5.74) is 1.18. The van der Waals surface area contributed by atoms with Gasteiger partial charge in [-0.1, -0.05) is 24.6 Å². The lowest BCUT2D eigenvalue weighted by Gasteiger charge is -2.24. The Balaban J connectivity index is 2.11. The molecule has 0 spiro atoms. The van der Waals surface area contributed by atoms with Gasteiger partial charge in [-0.15, -0.1) is 0 Å². The summed E-state index contributed by atoms with van der Waals surface area (Å²) in [6.07, 6.45) is 3.35. The van der Waals surface area contributed by atoms with Gasteiger partial charge in [0.1, 0.15) is 0 Å². The van der Waals surface area contributed by atoms with Crippen LogP contribution in [0.1, 0.15) is 19.3 Å². The number of nitrogens with one attached hydrogen (secondary N) is 1. The van der Waals surface area contributed by atoms with Gasteiger partial charge in [-0.05, 0) is 25.0 Å². The largest absolute Gasteiger partial charge is 0.500 e. The van der Waals surface area contributed by atoms with Gasteiger partial charge < -0.3 is 18.6 Å². The van der Waals surface area contributed by atoms with Gasteiger partial charge in [0.2, 0.25) is 0 Å². The minimum atomic E-state index is -2.36. The fraction of sp³-hybridized carbons (Fsp3) is 0.571. The lowest BCUT2D eigenvalue weighted by Crippen LogP contribution is -2.42. The molecule has 0 bridgehead atoms. The standard InChI is InChI=1S/C14H25NO3Si/c1-16-19(17-2,18-3)13-9-5-8-12-15-14-10-6-4-7-11-14/h4,6-7,10-11,15H,5,8-9,12-13H2,1-3H3. The first-order valence-electron chi connectivity index (χ1n) is 6.70. The predicted molar refractivity (Wildman–Crippen MR) is 80.4 cm³/mol. The average Bonchev–Trinajstić information content (AvgIpc) is 2.48. The summed E-state index contributed by atoms with van der Waals surface area (Å²) in [5.74, 6) is 0. The summed E-state index contributed by atoms with van der Waals surface area (Å²) < 4.78 is 16.2. The summed E-state index contributed by atoms with van der Waals surface area (Å²) in [5, 5.41) is 3.40. The Hall–Kier alpha value is -0.883.